The van der Waals surface area contributed by atoms with E-state index in [1.54, 1.807) is 6.92 Å². The number of primary amides is 1. The van der Waals surface area contributed by atoms with Gasteiger partial charge in [-0.05, 0) is 31.6 Å². The molecule has 192 valence electrons. The number of unbranched alkanes of at least 4 members (excludes halogenated alkanes) is 11. The molecule has 6 heteroatoms. The number of esters is 1. The molecule has 1 amide bonds. The van der Waals surface area contributed by atoms with Gasteiger partial charge in [-0.3, -0.25) is 14.4 Å². The van der Waals surface area contributed by atoms with Crippen LogP contribution in [0.1, 0.15) is 130 Å². The van der Waals surface area contributed by atoms with E-state index in [9.17, 15) is 19.5 Å². The fourth-order valence-electron chi connectivity index (χ4n) is 5.35. The van der Waals surface area contributed by atoms with Gasteiger partial charge in [0.1, 0.15) is 11.5 Å². The SMILES string of the molecule is CCCCCCCCCCCC(C[C@@H]1OC(=O)[C@H]1CCCCCC)[C@](CC)(C(N)=O)C(=O)O. The number of rotatable bonds is 21. The first-order valence-corrected chi connectivity index (χ1v) is 13.6. The van der Waals surface area contributed by atoms with Crippen molar-refractivity contribution in [2.75, 3.05) is 0 Å². The Kier molecular flexibility index (Phi) is 14.4. The number of carboxylic acid groups (broad SMARTS) is 1. The molecule has 1 unspecified atom stereocenters. The zero-order valence-electron chi connectivity index (χ0n) is 21.4. The van der Waals surface area contributed by atoms with Gasteiger partial charge < -0.3 is 15.6 Å². The number of ether oxygens (including phenoxy) is 1. The average Bonchev–Trinajstić information content (AvgIpc) is 2.77. The number of carbonyl (C=O) groups excluding carboxylic acids is 2. The highest BCUT2D eigenvalue weighted by atomic mass is 16.6. The van der Waals surface area contributed by atoms with Crippen LogP contribution in [0, 0.1) is 17.3 Å². The second-order valence-electron chi connectivity index (χ2n) is 9.98. The van der Waals surface area contributed by atoms with Crippen molar-refractivity contribution in [3.05, 3.63) is 0 Å². The van der Waals surface area contributed by atoms with Crippen LogP contribution in [0.5, 0.6) is 0 Å². The lowest BCUT2D eigenvalue weighted by Gasteiger charge is -2.41. The van der Waals surface area contributed by atoms with Gasteiger partial charge in [-0.1, -0.05) is 104 Å². The largest absolute Gasteiger partial charge is 0.480 e. The normalized spacial score (nSPS) is 20.5. The molecule has 1 fully saturated rings. The van der Waals surface area contributed by atoms with Crippen LogP contribution in [0.4, 0.5) is 0 Å². The number of hydrogen-bond donors (Lipinski definition) is 2. The van der Waals surface area contributed by atoms with Gasteiger partial charge in [0.15, 0.2) is 0 Å². The molecule has 0 spiro atoms. The highest BCUT2D eigenvalue weighted by Crippen LogP contribution is 2.43. The highest BCUT2D eigenvalue weighted by Gasteiger charge is 2.53. The van der Waals surface area contributed by atoms with Gasteiger partial charge in [0, 0.05) is 0 Å². The molecule has 1 rings (SSSR count). The maximum Gasteiger partial charge on any atom is 0.319 e. The zero-order valence-corrected chi connectivity index (χ0v) is 21.4. The Bertz CT molecular complexity index is 577. The summed E-state index contributed by atoms with van der Waals surface area (Å²) in [6.07, 6.45) is 16.6. The Morgan fingerprint density at radius 3 is 1.88 bits per heavy atom. The molecule has 0 saturated carbocycles. The summed E-state index contributed by atoms with van der Waals surface area (Å²) in [5, 5.41) is 10.0. The van der Waals surface area contributed by atoms with Gasteiger partial charge in [-0.25, -0.2) is 0 Å². The second kappa shape index (κ2) is 16.1. The summed E-state index contributed by atoms with van der Waals surface area (Å²) in [5.41, 5.74) is 4.07. The Labute approximate surface area is 201 Å². The first-order valence-electron chi connectivity index (χ1n) is 13.6. The van der Waals surface area contributed by atoms with Crippen molar-refractivity contribution in [2.45, 2.75) is 136 Å². The van der Waals surface area contributed by atoms with E-state index < -0.39 is 23.2 Å². The summed E-state index contributed by atoms with van der Waals surface area (Å²) in [6, 6.07) is 0. The fourth-order valence-corrected chi connectivity index (χ4v) is 5.35. The Hall–Kier alpha value is -1.59. The smallest absolute Gasteiger partial charge is 0.319 e. The maximum absolute atomic E-state index is 12.4. The van der Waals surface area contributed by atoms with Gasteiger partial charge in [0.2, 0.25) is 5.91 Å². The third kappa shape index (κ3) is 8.94. The molecule has 1 aliphatic rings. The van der Waals surface area contributed by atoms with Crippen LogP contribution >= 0.6 is 0 Å². The van der Waals surface area contributed by atoms with Crippen LogP contribution in [-0.4, -0.2) is 29.1 Å². The fraction of sp³-hybridized carbons (Fsp3) is 0.889. The van der Waals surface area contributed by atoms with E-state index in [1.807, 2.05) is 0 Å². The minimum Gasteiger partial charge on any atom is -0.480 e. The van der Waals surface area contributed by atoms with Gasteiger partial charge >= 0.3 is 11.9 Å². The van der Waals surface area contributed by atoms with Gasteiger partial charge in [-0.15, -0.1) is 0 Å². The number of carboxylic acids is 1. The van der Waals surface area contributed by atoms with Crippen LogP contribution in [0.3, 0.4) is 0 Å². The summed E-state index contributed by atoms with van der Waals surface area (Å²) in [4.78, 5) is 36.7. The molecule has 3 N–H and O–H groups in total. The predicted molar refractivity (Wildman–Crippen MR) is 132 cm³/mol. The Morgan fingerprint density at radius 1 is 0.909 bits per heavy atom. The highest BCUT2D eigenvalue weighted by molar-refractivity contribution is 6.01. The zero-order chi connectivity index (χ0) is 24.7. The number of cyclic esters (lactones) is 1. The molecular weight excluding hydrogens is 418 g/mol. The Balaban J connectivity index is 2.70. The van der Waals surface area contributed by atoms with E-state index in [0.29, 0.717) is 12.8 Å². The predicted octanol–water partition coefficient (Wildman–Crippen LogP) is 6.39. The summed E-state index contributed by atoms with van der Waals surface area (Å²) < 4.78 is 5.45. The number of hydrogen-bond acceptors (Lipinski definition) is 4. The summed E-state index contributed by atoms with van der Waals surface area (Å²) in [5.74, 6) is -2.70. The van der Waals surface area contributed by atoms with Gasteiger partial charge in [-0.2, -0.15) is 0 Å². The van der Waals surface area contributed by atoms with Crippen LogP contribution in [0.25, 0.3) is 0 Å². The van der Waals surface area contributed by atoms with E-state index in [1.165, 1.54) is 38.5 Å². The molecule has 0 aromatic rings. The number of aliphatic carboxylic acids is 1. The molecule has 1 aliphatic heterocycles. The van der Waals surface area contributed by atoms with Crippen molar-refractivity contribution >= 4 is 17.8 Å². The first-order chi connectivity index (χ1) is 15.8. The summed E-state index contributed by atoms with van der Waals surface area (Å²) >= 11 is 0. The molecule has 0 bridgehead atoms. The summed E-state index contributed by atoms with van der Waals surface area (Å²) in [6.45, 7) is 6.09. The van der Waals surface area contributed by atoms with Gasteiger partial charge in [0.05, 0.1) is 5.92 Å². The van der Waals surface area contributed by atoms with Crippen molar-refractivity contribution in [1.29, 1.82) is 0 Å². The molecule has 0 aromatic heterocycles. The van der Waals surface area contributed by atoms with Crippen LogP contribution in [0.15, 0.2) is 0 Å². The molecular formula is C27H49NO5. The number of amides is 1. The van der Waals surface area contributed by atoms with Crippen LogP contribution in [-0.2, 0) is 19.1 Å². The number of nitrogens with two attached hydrogens (primary N) is 1. The lowest BCUT2D eigenvalue weighted by molar-refractivity contribution is -0.189. The second-order valence-corrected chi connectivity index (χ2v) is 9.98. The van der Waals surface area contributed by atoms with E-state index in [2.05, 4.69) is 13.8 Å². The quantitative estimate of drug-likeness (QED) is 0.115. The monoisotopic (exact) mass is 467 g/mol. The molecule has 1 heterocycles. The molecule has 0 radical (unpaired) electrons. The van der Waals surface area contributed by atoms with Gasteiger partial charge in [0.25, 0.3) is 0 Å². The Morgan fingerprint density at radius 2 is 1.42 bits per heavy atom. The van der Waals surface area contributed by atoms with Crippen LogP contribution in [0.2, 0.25) is 0 Å². The molecule has 6 nitrogen and oxygen atoms in total. The van der Waals surface area contributed by atoms with Crippen molar-refractivity contribution in [1.82, 2.24) is 0 Å². The van der Waals surface area contributed by atoms with Crippen molar-refractivity contribution < 1.29 is 24.2 Å². The molecule has 33 heavy (non-hydrogen) atoms. The van der Waals surface area contributed by atoms with E-state index >= 15 is 0 Å². The first kappa shape index (κ1) is 29.4. The molecule has 4 atom stereocenters. The minimum atomic E-state index is -1.60. The average molecular weight is 468 g/mol. The lowest BCUT2D eigenvalue weighted by atomic mass is 9.66. The number of carbonyl (C=O) groups is 3. The van der Waals surface area contributed by atoms with Crippen molar-refractivity contribution in [3.63, 3.8) is 0 Å². The van der Waals surface area contributed by atoms with Crippen LogP contribution < -0.4 is 5.73 Å². The standard InChI is InChI=1S/C27H49NO5/c1-4-7-9-11-12-13-14-15-16-18-21(27(6-3,25(28)30)26(31)32)20-23-22(24(29)33-23)19-17-10-8-5-2/h21-23H,4-20H2,1-3H3,(H2,28,30)(H,31,32)/t21?,22-,23-,27+/m0/s1. The maximum atomic E-state index is 12.4. The lowest BCUT2D eigenvalue weighted by Crippen LogP contribution is -2.53. The molecule has 0 aliphatic carbocycles. The third-order valence-corrected chi connectivity index (χ3v) is 7.64. The third-order valence-electron chi connectivity index (χ3n) is 7.64. The van der Waals surface area contributed by atoms with Crippen molar-refractivity contribution in [3.8, 4) is 0 Å². The van der Waals surface area contributed by atoms with Crippen molar-refractivity contribution in [2.24, 2.45) is 23.0 Å². The molecule has 1 saturated heterocycles. The summed E-state index contributed by atoms with van der Waals surface area (Å²) in [7, 11) is 0. The minimum absolute atomic E-state index is 0.154. The van der Waals surface area contributed by atoms with E-state index in [-0.39, 0.29) is 24.4 Å². The topological polar surface area (TPSA) is 107 Å². The van der Waals surface area contributed by atoms with E-state index in [0.717, 1.165) is 51.4 Å². The molecule has 0 aromatic carbocycles. The van der Waals surface area contributed by atoms with E-state index in [4.69, 9.17) is 10.5 Å².